The summed E-state index contributed by atoms with van der Waals surface area (Å²) in [6.07, 6.45) is 2.51. The van der Waals surface area contributed by atoms with Crippen LogP contribution in [0, 0.1) is 0 Å². The molecule has 0 radical (unpaired) electrons. The molecule has 0 unspecified atom stereocenters. The highest BCUT2D eigenvalue weighted by Gasteiger charge is 2.14. The molecule has 1 heterocycles. The molecule has 0 saturated heterocycles. The van der Waals surface area contributed by atoms with Crippen molar-refractivity contribution in [3.63, 3.8) is 0 Å². The molecule has 0 atom stereocenters. The Morgan fingerprint density at radius 2 is 1.75 bits per heavy atom. The summed E-state index contributed by atoms with van der Waals surface area (Å²) in [5, 5.41) is 5.13. The Balaban J connectivity index is 2.07. The summed E-state index contributed by atoms with van der Waals surface area (Å²) in [7, 11) is 0. The molecule has 122 valence electrons. The van der Waals surface area contributed by atoms with E-state index in [9.17, 15) is 4.79 Å². The fourth-order valence-electron chi connectivity index (χ4n) is 2.74. The number of benzene rings is 2. The SMILES string of the molecule is CCOC(=O)c1cnc(Nc2ccccc2CC)c2ccccc12. The van der Waals surface area contributed by atoms with Gasteiger partial charge in [-0.05, 0) is 25.0 Å². The summed E-state index contributed by atoms with van der Waals surface area (Å²) < 4.78 is 5.13. The number of para-hydroxylation sites is 1. The van der Waals surface area contributed by atoms with E-state index in [0.717, 1.165) is 28.7 Å². The summed E-state index contributed by atoms with van der Waals surface area (Å²) in [5.74, 6) is 0.390. The highest BCUT2D eigenvalue weighted by molar-refractivity contribution is 6.07. The number of aromatic nitrogens is 1. The number of nitrogens with zero attached hydrogens (tertiary/aromatic N) is 1. The molecule has 0 aliphatic carbocycles. The minimum Gasteiger partial charge on any atom is -0.462 e. The molecule has 3 rings (SSSR count). The number of esters is 1. The Morgan fingerprint density at radius 1 is 1.04 bits per heavy atom. The number of pyridine rings is 1. The largest absolute Gasteiger partial charge is 0.462 e. The van der Waals surface area contributed by atoms with Crippen LogP contribution in [-0.2, 0) is 11.2 Å². The van der Waals surface area contributed by atoms with Crippen molar-refractivity contribution >= 4 is 28.2 Å². The van der Waals surface area contributed by atoms with Crippen LogP contribution >= 0.6 is 0 Å². The zero-order valence-corrected chi connectivity index (χ0v) is 13.9. The molecule has 2 aromatic carbocycles. The molecule has 0 spiro atoms. The molecule has 24 heavy (non-hydrogen) atoms. The maximum Gasteiger partial charge on any atom is 0.340 e. The lowest BCUT2D eigenvalue weighted by molar-refractivity contribution is 0.0528. The first-order chi connectivity index (χ1) is 11.7. The molecule has 1 N–H and O–H groups in total. The Kier molecular flexibility index (Phi) is 4.75. The van der Waals surface area contributed by atoms with Crippen molar-refractivity contribution in [2.45, 2.75) is 20.3 Å². The molecular weight excluding hydrogens is 300 g/mol. The van der Waals surface area contributed by atoms with Gasteiger partial charge in [0.05, 0.1) is 12.2 Å². The van der Waals surface area contributed by atoms with E-state index in [1.165, 1.54) is 5.56 Å². The Hall–Kier alpha value is -2.88. The van der Waals surface area contributed by atoms with Gasteiger partial charge in [-0.15, -0.1) is 0 Å². The molecule has 0 aliphatic rings. The van der Waals surface area contributed by atoms with Crippen molar-refractivity contribution in [1.82, 2.24) is 4.98 Å². The molecule has 0 bridgehead atoms. The second-order valence-corrected chi connectivity index (χ2v) is 5.42. The van der Waals surface area contributed by atoms with Gasteiger partial charge in [-0.2, -0.15) is 0 Å². The first kappa shape index (κ1) is 16.0. The zero-order chi connectivity index (χ0) is 16.9. The van der Waals surface area contributed by atoms with Crippen molar-refractivity contribution in [2.75, 3.05) is 11.9 Å². The maximum absolute atomic E-state index is 12.1. The van der Waals surface area contributed by atoms with Crippen LogP contribution in [0.25, 0.3) is 10.8 Å². The van der Waals surface area contributed by atoms with E-state index in [1.54, 1.807) is 13.1 Å². The summed E-state index contributed by atoms with van der Waals surface area (Å²) in [6, 6.07) is 15.9. The van der Waals surface area contributed by atoms with Crippen molar-refractivity contribution < 1.29 is 9.53 Å². The minimum absolute atomic E-state index is 0.344. The molecule has 0 amide bonds. The number of rotatable bonds is 5. The van der Waals surface area contributed by atoms with Crippen LogP contribution in [-0.4, -0.2) is 17.6 Å². The fraction of sp³-hybridized carbons (Fsp3) is 0.200. The van der Waals surface area contributed by atoms with Gasteiger partial charge in [-0.3, -0.25) is 0 Å². The lowest BCUT2D eigenvalue weighted by Crippen LogP contribution is -2.07. The van der Waals surface area contributed by atoms with E-state index in [1.807, 2.05) is 42.5 Å². The monoisotopic (exact) mass is 320 g/mol. The summed E-state index contributed by atoms with van der Waals surface area (Å²) in [6.45, 7) is 4.26. The van der Waals surface area contributed by atoms with Gasteiger partial charge in [0, 0.05) is 22.7 Å². The van der Waals surface area contributed by atoms with E-state index < -0.39 is 0 Å². The van der Waals surface area contributed by atoms with Gasteiger partial charge in [0.1, 0.15) is 5.82 Å². The third-order valence-electron chi connectivity index (χ3n) is 3.94. The third kappa shape index (κ3) is 3.08. The normalized spacial score (nSPS) is 10.6. The maximum atomic E-state index is 12.1. The van der Waals surface area contributed by atoms with Gasteiger partial charge in [-0.25, -0.2) is 9.78 Å². The average Bonchev–Trinajstić information content (AvgIpc) is 2.62. The van der Waals surface area contributed by atoms with Gasteiger partial charge < -0.3 is 10.1 Å². The molecule has 4 heteroatoms. The minimum atomic E-state index is -0.346. The summed E-state index contributed by atoms with van der Waals surface area (Å²) in [4.78, 5) is 16.6. The van der Waals surface area contributed by atoms with Crippen LogP contribution in [0.2, 0.25) is 0 Å². The van der Waals surface area contributed by atoms with Crippen LogP contribution in [0.3, 0.4) is 0 Å². The number of anilines is 2. The van der Waals surface area contributed by atoms with Crippen molar-refractivity contribution in [2.24, 2.45) is 0 Å². The van der Waals surface area contributed by atoms with Crippen molar-refractivity contribution in [3.8, 4) is 0 Å². The highest BCUT2D eigenvalue weighted by Crippen LogP contribution is 2.28. The number of hydrogen-bond acceptors (Lipinski definition) is 4. The van der Waals surface area contributed by atoms with Crippen molar-refractivity contribution in [3.05, 3.63) is 65.9 Å². The number of carbonyl (C=O) groups excluding carboxylic acids is 1. The lowest BCUT2D eigenvalue weighted by atomic mass is 10.1. The number of fused-ring (bicyclic) bond motifs is 1. The molecular formula is C20H20N2O2. The van der Waals surface area contributed by atoms with E-state index in [0.29, 0.717) is 12.2 Å². The van der Waals surface area contributed by atoms with Gasteiger partial charge in [0.25, 0.3) is 0 Å². The second-order valence-electron chi connectivity index (χ2n) is 5.42. The number of nitrogens with one attached hydrogen (secondary N) is 1. The molecule has 1 aromatic heterocycles. The smallest absolute Gasteiger partial charge is 0.340 e. The van der Waals surface area contributed by atoms with E-state index in [4.69, 9.17) is 4.74 Å². The molecule has 3 aromatic rings. The predicted molar refractivity (Wildman–Crippen MR) is 96.8 cm³/mol. The highest BCUT2D eigenvalue weighted by atomic mass is 16.5. The Morgan fingerprint density at radius 3 is 2.50 bits per heavy atom. The second kappa shape index (κ2) is 7.13. The number of carbonyl (C=O) groups is 1. The van der Waals surface area contributed by atoms with E-state index >= 15 is 0 Å². The van der Waals surface area contributed by atoms with E-state index in [-0.39, 0.29) is 5.97 Å². The van der Waals surface area contributed by atoms with Crippen molar-refractivity contribution in [1.29, 1.82) is 0 Å². The van der Waals surface area contributed by atoms with Crippen LogP contribution < -0.4 is 5.32 Å². The average molecular weight is 320 g/mol. The quantitative estimate of drug-likeness (QED) is 0.691. The number of ether oxygens (including phenoxy) is 1. The van der Waals surface area contributed by atoms with Crippen LogP contribution in [0.1, 0.15) is 29.8 Å². The summed E-state index contributed by atoms with van der Waals surface area (Å²) in [5.41, 5.74) is 2.74. The Bertz CT molecular complexity index is 874. The summed E-state index contributed by atoms with van der Waals surface area (Å²) >= 11 is 0. The van der Waals surface area contributed by atoms with Crippen LogP contribution in [0.4, 0.5) is 11.5 Å². The van der Waals surface area contributed by atoms with Crippen LogP contribution in [0.15, 0.2) is 54.7 Å². The molecule has 0 aliphatic heterocycles. The standard InChI is InChI=1S/C20H20N2O2/c1-3-14-9-5-8-12-18(14)22-19-16-11-7-6-10-15(16)17(13-21-19)20(23)24-4-2/h5-13H,3-4H2,1-2H3,(H,21,22). The lowest BCUT2D eigenvalue weighted by Gasteiger charge is -2.13. The van der Waals surface area contributed by atoms with E-state index in [2.05, 4.69) is 23.3 Å². The number of hydrogen-bond donors (Lipinski definition) is 1. The first-order valence-electron chi connectivity index (χ1n) is 8.14. The first-order valence-corrected chi connectivity index (χ1v) is 8.14. The molecule has 0 fully saturated rings. The van der Waals surface area contributed by atoms with Gasteiger partial charge in [-0.1, -0.05) is 49.4 Å². The van der Waals surface area contributed by atoms with Crippen LogP contribution in [0.5, 0.6) is 0 Å². The Labute approximate surface area is 141 Å². The number of aryl methyl sites for hydroxylation is 1. The molecule has 4 nitrogen and oxygen atoms in total. The fourth-order valence-corrected chi connectivity index (χ4v) is 2.74. The van der Waals surface area contributed by atoms with Gasteiger partial charge in [0.2, 0.25) is 0 Å². The van der Waals surface area contributed by atoms with Gasteiger partial charge in [0.15, 0.2) is 0 Å². The topological polar surface area (TPSA) is 51.2 Å². The third-order valence-corrected chi connectivity index (χ3v) is 3.94. The predicted octanol–water partition coefficient (Wildman–Crippen LogP) is 4.72. The zero-order valence-electron chi connectivity index (χ0n) is 13.9. The van der Waals surface area contributed by atoms with Gasteiger partial charge >= 0.3 is 5.97 Å². The molecule has 0 saturated carbocycles.